The highest BCUT2D eigenvalue weighted by Crippen LogP contribution is 2.14. The van der Waals surface area contributed by atoms with Crippen LogP contribution in [0.3, 0.4) is 0 Å². The Kier molecular flexibility index (Phi) is 5.52. The number of hydrogen-bond acceptors (Lipinski definition) is 3. The van der Waals surface area contributed by atoms with Crippen molar-refractivity contribution in [3.63, 3.8) is 0 Å². The van der Waals surface area contributed by atoms with Crippen LogP contribution in [0.25, 0.3) is 0 Å². The molecule has 0 amide bonds. The standard InChI is InChI=1S/C13H10F2O3S/c1-8(16)19-5-3-2-4-10-11(14)6-9(13(17)18)7-12(10)15/h6-7H,3,5H2,1H3,(H,17,18). The molecule has 0 aromatic heterocycles. The van der Waals surface area contributed by atoms with Crippen LogP contribution < -0.4 is 0 Å². The molecule has 0 saturated heterocycles. The molecule has 3 nitrogen and oxygen atoms in total. The number of thioether (sulfide) groups is 1. The van der Waals surface area contributed by atoms with Crippen molar-refractivity contribution in [3.8, 4) is 11.8 Å². The Morgan fingerprint density at radius 3 is 2.37 bits per heavy atom. The van der Waals surface area contributed by atoms with Crippen LogP contribution in [-0.2, 0) is 4.79 Å². The molecular formula is C13H10F2O3S. The summed E-state index contributed by atoms with van der Waals surface area (Å²) in [6, 6.07) is 1.44. The van der Waals surface area contributed by atoms with Crippen molar-refractivity contribution in [2.75, 3.05) is 5.75 Å². The van der Waals surface area contributed by atoms with Gasteiger partial charge < -0.3 is 5.11 Å². The van der Waals surface area contributed by atoms with Crippen molar-refractivity contribution in [2.45, 2.75) is 13.3 Å². The molecule has 0 radical (unpaired) electrons. The highest BCUT2D eigenvalue weighted by molar-refractivity contribution is 8.13. The number of rotatable bonds is 3. The first-order valence-corrected chi connectivity index (χ1v) is 6.25. The number of carbonyl (C=O) groups is 2. The molecule has 0 atom stereocenters. The average Bonchev–Trinajstić information content (AvgIpc) is 2.30. The lowest BCUT2D eigenvalue weighted by Gasteiger charge is -1.99. The highest BCUT2D eigenvalue weighted by atomic mass is 32.2. The van der Waals surface area contributed by atoms with E-state index in [0.717, 1.165) is 23.9 Å². The summed E-state index contributed by atoms with van der Waals surface area (Å²) >= 11 is 1.07. The van der Waals surface area contributed by atoms with E-state index >= 15 is 0 Å². The van der Waals surface area contributed by atoms with Gasteiger partial charge >= 0.3 is 5.97 Å². The van der Waals surface area contributed by atoms with Crippen molar-refractivity contribution in [3.05, 3.63) is 34.9 Å². The molecule has 0 aliphatic carbocycles. The van der Waals surface area contributed by atoms with Crippen LogP contribution in [-0.4, -0.2) is 21.9 Å². The quantitative estimate of drug-likeness (QED) is 0.685. The molecule has 6 heteroatoms. The third kappa shape index (κ3) is 4.72. The molecule has 100 valence electrons. The van der Waals surface area contributed by atoms with E-state index in [1.807, 2.05) is 0 Å². The molecular weight excluding hydrogens is 274 g/mol. The van der Waals surface area contributed by atoms with Crippen LogP contribution in [0.15, 0.2) is 12.1 Å². The molecule has 0 fully saturated rings. The van der Waals surface area contributed by atoms with E-state index in [0.29, 0.717) is 12.2 Å². The second kappa shape index (κ2) is 6.90. The van der Waals surface area contributed by atoms with Crippen LogP contribution in [0, 0.1) is 23.5 Å². The molecule has 1 N–H and O–H groups in total. The summed E-state index contributed by atoms with van der Waals surface area (Å²) in [5.74, 6) is 1.86. The molecule has 0 saturated carbocycles. The van der Waals surface area contributed by atoms with Gasteiger partial charge in [0.2, 0.25) is 0 Å². The minimum Gasteiger partial charge on any atom is -0.478 e. The number of benzene rings is 1. The van der Waals surface area contributed by atoms with Crippen molar-refractivity contribution in [1.82, 2.24) is 0 Å². The van der Waals surface area contributed by atoms with E-state index in [-0.39, 0.29) is 5.12 Å². The lowest BCUT2D eigenvalue weighted by atomic mass is 10.1. The Balaban J connectivity index is 2.82. The summed E-state index contributed by atoms with van der Waals surface area (Å²) < 4.78 is 26.9. The highest BCUT2D eigenvalue weighted by Gasteiger charge is 2.12. The summed E-state index contributed by atoms with van der Waals surface area (Å²) in [5.41, 5.74) is -0.925. The Hall–Kier alpha value is -1.87. The Bertz CT molecular complexity index is 550. The van der Waals surface area contributed by atoms with Crippen molar-refractivity contribution >= 4 is 22.8 Å². The molecule has 1 rings (SSSR count). The monoisotopic (exact) mass is 284 g/mol. The van der Waals surface area contributed by atoms with Gasteiger partial charge in [0, 0.05) is 19.1 Å². The van der Waals surface area contributed by atoms with Gasteiger partial charge in [0.05, 0.1) is 11.1 Å². The Morgan fingerprint density at radius 1 is 1.32 bits per heavy atom. The van der Waals surface area contributed by atoms with E-state index in [1.54, 1.807) is 0 Å². The van der Waals surface area contributed by atoms with E-state index in [2.05, 4.69) is 11.8 Å². The maximum atomic E-state index is 13.4. The molecule has 0 bridgehead atoms. The van der Waals surface area contributed by atoms with Crippen LogP contribution in [0.2, 0.25) is 0 Å². The smallest absolute Gasteiger partial charge is 0.335 e. The van der Waals surface area contributed by atoms with Gasteiger partial charge in [-0.2, -0.15) is 0 Å². The molecule has 0 aliphatic heterocycles. The summed E-state index contributed by atoms with van der Waals surface area (Å²) in [4.78, 5) is 21.2. The fraction of sp³-hybridized carbons (Fsp3) is 0.231. The van der Waals surface area contributed by atoms with Gasteiger partial charge in [-0.3, -0.25) is 4.79 Å². The van der Waals surface area contributed by atoms with E-state index in [4.69, 9.17) is 5.11 Å². The predicted molar refractivity (Wildman–Crippen MR) is 68.0 cm³/mol. The fourth-order valence-electron chi connectivity index (χ4n) is 1.21. The van der Waals surface area contributed by atoms with Crippen molar-refractivity contribution in [2.24, 2.45) is 0 Å². The normalized spacial score (nSPS) is 9.63. The third-order valence-corrected chi connectivity index (χ3v) is 2.85. The molecule has 0 aliphatic rings. The van der Waals surface area contributed by atoms with Gasteiger partial charge in [0.15, 0.2) is 5.12 Å². The molecule has 0 spiro atoms. The van der Waals surface area contributed by atoms with Crippen molar-refractivity contribution < 1.29 is 23.5 Å². The van der Waals surface area contributed by atoms with Crippen LogP contribution in [0.5, 0.6) is 0 Å². The van der Waals surface area contributed by atoms with Crippen molar-refractivity contribution in [1.29, 1.82) is 0 Å². The molecule has 0 heterocycles. The maximum absolute atomic E-state index is 13.4. The molecule has 1 aromatic carbocycles. The second-order valence-electron chi connectivity index (χ2n) is 3.51. The zero-order valence-electron chi connectivity index (χ0n) is 10.00. The average molecular weight is 284 g/mol. The van der Waals surface area contributed by atoms with Gasteiger partial charge in [-0.25, -0.2) is 13.6 Å². The summed E-state index contributed by atoms with van der Waals surface area (Å²) in [6.07, 6.45) is 0.309. The summed E-state index contributed by atoms with van der Waals surface area (Å²) in [5, 5.41) is 8.57. The van der Waals surface area contributed by atoms with E-state index in [1.165, 1.54) is 6.92 Å². The third-order valence-electron chi connectivity index (χ3n) is 2.03. The fourth-order valence-corrected chi connectivity index (χ4v) is 1.70. The van der Waals surface area contributed by atoms with Crippen LogP contribution in [0.4, 0.5) is 8.78 Å². The van der Waals surface area contributed by atoms with Gasteiger partial charge in [0.25, 0.3) is 0 Å². The number of hydrogen-bond donors (Lipinski definition) is 1. The van der Waals surface area contributed by atoms with Gasteiger partial charge in [-0.1, -0.05) is 23.6 Å². The first-order chi connectivity index (χ1) is 8.91. The minimum absolute atomic E-state index is 0.0510. The van der Waals surface area contributed by atoms with Gasteiger partial charge in [-0.15, -0.1) is 0 Å². The Labute approximate surface area is 113 Å². The second-order valence-corrected chi connectivity index (χ2v) is 4.78. The summed E-state index contributed by atoms with van der Waals surface area (Å²) in [7, 11) is 0. The summed E-state index contributed by atoms with van der Waals surface area (Å²) in [6.45, 7) is 1.42. The van der Waals surface area contributed by atoms with Crippen LogP contribution in [0.1, 0.15) is 29.3 Å². The molecule has 1 aromatic rings. The SMILES string of the molecule is CC(=O)SCCC#Cc1c(F)cc(C(=O)O)cc1F. The molecule has 0 unspecified atom stereocenters. The van der Waals surface area contributed by atoms with Gasteiger partial charge in [0.1, 0.15) is 11.6 Å². The minimum atomic E-state index is -1.41. The number of halogens is 2. The molecule has 19 heavy (non-hydrogen) atoms. The Morgan fingerprint density at radius 2 is 1.89 bits per heavy atom. The first kappa shape index (κ1) is 15.2. The number of aromatic carboxylic acids is 1. The zero-order chi connectivity index (χ0) is 14.4. The lowest BCUT2D eigenvalue weighted by molar-refractivity contribution is -0.109. The maximum Gasteiger partial charge on any atom is 0.335 e. The van der Waals surface area contributed by atoms with Crippen LogP contribution >= 0.6 is 11.8 Å². The topological polar surface area (TPSA) is 54.4 Å². The predicted octanol–water partition coefficient (Wildman–Crippen LogP) is 2.68. The number of carboxylic acids is 1. The largest absolute Gasteiger partial charge is 0.478 e. The number of carbonyl (C=O) groups excluding carboxylic acids is 1. The number of carboxylic acid groups (broad SMARTS) is 1. The van der Waals surface area contributed by atoms with Gasteiger partial charge in [-0.05, 0) is 12.1 Å². The first-order valence-electron chi connectivity index (χ1n) is 5.26. The van der Waals surface area contributed by atoms with E-state index < -0.39 is 28.7 Å². The lowest BCUT2D eigenvalue weighted by Crippen LogP contribution is -2.01. The van der Waals surface area contributed by atoms with E-state index in [9.17, 15) is 18.4 Å². The zero-order valence-corrected chi connectivity index (χ0v) is 10.8.